The molecule has 0 aromatic heterocycles. The highest BCUT2D eigenvalue weighted by molar-refractivity contribution is 5.52. The third-order valence-corrected chi connectivity index (χ3v) is 4.60. The van der Waals surface area contributed by atoms with Crippen LogP contribution in [0.2, 0.25) is 0 Å². The van der Waals surface area contributed by atoms with Gasteiger partial charge in [0.2, 0.25) is 0 Å². The molecule has 0 fully saturated rings. The van der Waals surface area contributed by atoms with E-state index in [4.69, 9.17) is 4.74 Å². The van der Waals surface area contributed by atoms with Gasteiger partial charge in [-0.15, -0.1) is 0 Å². The van der Waals surface area contributed by atoms with Crippen molar-refractivity contribution >= 4 is 0 Å². The normalized spacial score (nSPS) is 10.8. The van der Waals surface area contributed by atoms with E-state index in [-0.39, 0.29) is 5.75 Å². The molecular weight excluding hydrogens is 308 g/mol. The van der Waals surface area contributed by atoms with Gasteiger partial charge in [0, 0.05) is 5.56 Å². The van der Waals surface area contributed by atoms with Crippen LogP contribution in [0.3, 0.4) is 0 Å². The van der Waals surface area contributed by atoms with Crippen LogP contribution >= 0.6 is 0 Å². The summed E-state index contributed by atoms with van der Waals surface area (Å²) in [6, 6.07) is 13.6. The van der Waals surface area contributed by atoms with Gasteiger partial charge in [0.05, 0.1) is 0 Å². The smallest absolute Gasteiger partial charge is 0.172 e. The Hall–Kier alpha value is -1.96. The minimum Gasteiger partial charge on any atom is -0.504 e. The Morgan fingerprint density at radius 2 is 1.48 bits per heavy atom. The fraction of sp³-hybridized carbons (Fsp3) is 0.478. The van der Waals surface area contributed by atoms with Crippen LogP contribution in [0.5, 0.6) is 17.2 Å². The number of aromatic hydroxyl groups is 1. The summed E-state index contributed by atoms with van der Waals surface area (Å²) in [5, 5.41) is 10.4. The van der Waals surface area contributed by atoms with Crippen LogP contribution < -0.4 is 4.74 Å². The van der Waals surface area contributed by atoms with Crippen LogP contribution in [0.1, 0.15) is 69.9 Å². The molecule has 0 saturated carbocycles. The number of hydrogen-bond donors (Lipinski definition) is 1. The highest BCUT2D eigenvalue weighted by Crippen LogP contribution is 2.37. The third kappa shape index (κ3) is 6.12. The third-order valence-electron chi connectivity index (χ3n) is 4.60. The van der Waals surface area contributed by atoms with Crippen LogP contribution in [0.15, 0.2) is 42.5 Å². The zero-order chi connectivity index (χ0) is 17.9. The van der Waals surface area contributed by atoms with Crippen molar-refractivity contribution < 1.29 is 9.84 Å². The van der Waals surface area contributed by atoms with Gasteiger partial charge in [0.1, 0.15) is 5.75 Å². The van der Waals surface area contributed by atoms with Crippen molar-refractivity contribution in [3.63, 3.8) is 0 Å². The predicted octanol–water partition coefficient (Wildman–Crippen LogP) is 7.04. The molecule has 2 heteroatoms. The average molecular weight is 341 g/mol. The second kappa shape index (κ2) is 10.8. The summed E-state index contributed by atoms with van der Waals surface area (Å²) in [6.07, 6.45) is 10.7. The van der Waals surface area contributed by atoms with Crippen molar-refractivity contribution in [1.82, 2.24) is 0 Å². The minimum absolute atomic E-state index is 0.240. The summed E-state index contributed by atoms with van der Waals surface area (Å²) in [5.74, 6) is 1.66. The Kier molecular flexibility index (Phi) is 8.38. The molecule has 0 atom stereocenters. The van der Waals surface area contributed by atoms with Crippen LogP contribution in [-0.4, -0.2) is 5.11 Å². The second-order valence-electron chi connectivity index (χ2n) is 6.73. The molecule has 2 rings (SSSR count). The molecular formula is C23H32O2. The summed E-state index contributed by atoms with van der Waals surface area (Å²) < 4.78 is 6.07. The number of phenolic OH excluding ortho intramolecular Hbond substituents is 1. The predicted molar refractivity (Wildman–Crippen MR) is 106 cm³/mol. The van der Waals surface area contributed by atoms with E-state index >= 15 is 0 Å². The molecule has 0 heterocycles. The Labute approximate surface area is 152 Å². The highest BCUT2D eigenvalue weighted by Gasteiger charge is 2.15. The SMILES string of the molecule is CCCCCCCCc1c(CCC)ccc(O)c1Oc1ccccc1. The molecule has 0 aliphatic heterocycles. The minimum atomic E-state index is 0.240. The lowest BCUT2D eigenvalue weighted by Crippen LogP contribution is -1.99. The molecule has 0 spiro atoms. The molecule has 1 N–H and O–H groups in total. The molecule has 0 bridgehead atoms. The fourth-order valence-electron chi connectivity index (χ4n) is 3.24. The van der Waals surface area contributed by atoms with Gasteiger partial charge in [-0.2, -0.15) is 0 Å². The highest BCUT2D eigenvalue weighted by atomic mass is 16.5. The number of rotatable bonds is 11. The van der Waals surface area contributed by atoms with Gasteiger partial charge >= 0.3 is 0 Å². The summed E-state index contributed by atoms with van der Waals surface area (Å²) in [7, 11) is 0. The van der Waals surface area contributed by atoms with Crippen LogP contribution in [-0.2, 0) is 12.8 Å². The van der Waals surface area contributed by atoms with Crippen molar-refractivity contribution in [3.8, 4) is 17.2 Å². The molecule has 0 aliphatic rings. The average Bonchev–Trinajstić information content (AvgIpc) is 2.63. The Bertz CT molecular complexity index is 619. The molecule has 2 nitrogen and oxygen atoms in total. The quantitative estimate of drug-likeness (QED) is 0.444. The number of aryl methyl sites for hydroxylation is 1. The number of ether oxygens (including phenoxy) is 1. The first-order chi connectivity index (χ1) is 12.3. The summed E-state index contributed by atoms with van der Waals surface area (Å²) in [4.78, 5) is 0. The Morgan fingerprint density at radius 3 is 2.20 bits per heavy atom. The molecule has 0 aliphatic carbocycles. The van der Waals surface area contributed by atoms with Crippen molar-refractivity contribution in [2.24, 2.45) is 0 Å². The molecule has 25 heavy (non-hydrogen) atoms. The number of para-hydroxylation sites is 1. The van der Waals surface area contributed by atoms with Gasteiger partial charge in [0.25, 0.3) is 0 Å². The van der Waals surface area contributed by atoms with E-state index in [0.717, 1.165) is 31.4 Å². The van der Waals surface area contributed by atoms with Crippen LogP contribution in [0.4, 0.5) is 0 Å². The lowest BCUT2D eigenvalue weighted by molar-refractivity contribution is 0.405. The van der Waals surface area contributed by atoms with E-state index in [0.29, 0.717) is 5.75 Å². The van der Waals surface area contributed by atoms with Crippen molar-refractivity contribution in [3.05, 3.63) is 53.6 Å². The summed E-state index contributed by atoms with van der Waals surface area (Å²) in [6.45, 7) is 4.44. The van der Waals surface area contributed by atoms with Gasteiger partial charge in [-0.1, -0.05) is 76.6 Å². The molecule has 2 aromatic rings. The number of hydrogen-bond acceptors (Lipinski definition) is 2. The molecule has 0 radical (unpaired) electrons. The second-order valence-corrected chi connectivity index (χ2v) is 6.73. The standard InChI is InChI=1S/C23H32O2/c1-3-5-6-7-8-12-16-21-19(13-4-2)17-18-22(24)23(21)25-20-14-10-9-11-15-20/h9-11,14-15,17-18,24H,3-8,12-13,16H2,1-2H3. The largest absolute Gasteiger partial charge is 0.504 e. The van der Waals surface area contributed by atoms with E-state index in [1.807, 2.05) is 30.3 Å². The molecule has 0 unspecified atom stereocenters. The number of phenols is 1. The van der Waals surface area contributed by atoms with Crippen molar-refractivity contribution in [1.29, 1.82) is 0 Å². The first kappa shape index (κ1) is 19.4. The zero-order valence-electron chi connectivity index (χ0n) is 15.8. The summed E-state index contributed by atoms with van der Waals surface area (Å²) in [5.41, 5.74) is 2.49. The van der Waals surface area contributed by atoms with Crippen LogP contribution in [0, 0.1) is 0 Å². The molecule has 0 saturated heterocycles. The summed E-state index contributed by atoms with van der Waals surface area (Å²) >= 11 is 0. The van der Waals surface area contributed by atoms with E-state index < -0.39 is 0 Å². The van der Waals surface area contributed by atoms with E-state index in [1.165, 1.54) is 43.2 Å². The van der Waals surface area contributed by atoms with E-state index in [1.54, 1.807) is 6.07 Å². The zero-order valence-corrected chi connectivity index (χ0v) is 15.8. The van der Waals surface area contributed by atoms with Crippen LogP contribution in [0.25, 0.3) is 0 Å². The van der Waals surface area contributed by atoms with Gasteiger partial charge in [-0.3, -0.25) is 0 Å². The molecule has 0 amide bonds. The van der Waals surface area contributed by atoms with Gasteiger partial charge in [-0.25, -0.2) is 0 Å². The Balaban J connectivity index is 2.13. The van der Waals surface area contributed by atoms with Gasteiger partial charge < -0.3 is 9.84 Å². The molecule has 136 valence electrons. The number of benzene rings is 2. The lowest BCUT2D eigenvalue weighted by Gasteiger charge is -2.17. The fourth-order valence-corrected chi connectivity index (χ4v) is 3.24. The Morgan fingerprint density at radius 1 is 0.760 bits per heavy atom. The van der Waals surface area contributed by atoms with E-state index in [2.05, 4.69) is 19.9 Å². The monoisotopic (exact) mass is 340 g/mol. The topological polar surface area (TPSA) is 29.5 Å². The molecule has 2 aromatic carbocycles. The lowest BCUT2D eigenvalue weighted by atomic mass is 9.96. The maximum absolute atomic E-state index is 10.4. The number of unbranched alkanes of at least 4 members (excludes halogenated alkanes) is 5. The first-order valence-electron chi connectivity index (χ1n) is 9.82. The maximum Gasteiger partial charge on any atom is 0.172 e. The van der Waals surface area contributed by atoms with Gasteiger partial charge in [0.15, 0.2) is 11.5 Å². The van der Waals surface area contributed by atoms with Gasteiger partial charge in [-0.05, 0) is 43.0 Å². The first-order valence-corrected chi connectivity index (χ1v) is 9.82. The maximum atomic E-state index is 10.4. The van der Waals surface area contributed by atoms with E-state index in [9.17, 15) is 5.11 Å². The van der Waals surface area contributed by atoms with Crippen molar-refractivity contribution in [2.75, 3.05) is 0 Å². The van der Waals surface area contributed by atoms with Crippen molar-refractivity contribution in [2.45, 2.75) is 71.6 Å².